The first-order chi connectivity index (χ1) is 12.3. The van der Waals surface area contributed by atoms with E-state index in [4.69, 9.17) is 0 Å². The molecule has 0 saturated heterocycles. The molecule has 6 nitrogen and oxygen atoms in total. The Labute approximate surface area is 153 Å². The molecule has 0 aliphatic heterocycles. The maximum Gasteiger partial charge on any atom is 0.317 e. The van der Waals surface area contributed by atoms with Crippen LogP contribution in [0.25, 0.3) is 0 Å². The van der Waals surface area contributed by atoms with Crippen molar-refractivity contribution in [2.45, 2.75) is 20.0 Å². The van der Waals surface area contributed by atoms with Crippen molar-refractivity contribution < 1.29 is 17.6 Å². The topological polar surface area (TPSA) is 78.5 Å². The Morgan fingerprint density at radius 2 is 1.81 bits per heavy atom. The molecule has 0 spiro atoms. The summed E-state index contributed by atoms with van der Waals surface area (Å²) in [6.07, 6.45) is 1.08. The van der Waals surface area contributed by atoms with Crippen LogP contribution in [0.15, 0.2) is 48.5 Å². The Balaban J connectivity index is 1.97. The lowest BCUT2D eigenvalue weighted by Gasteiger charge is -2.21. The zero-order valence-corrected chi connectivity index (χ0v) is 15.5. The molecule has 0 unspecified atom stereocenters. The second kappa shape index (κ2) is 8.66. The maximum atomic E-state index is 13.3. The number of nitrogens with one attached hydrogen (secondary N) is 2. The van der Waals surface area contributed by atoms with Crippen LogP contribution in [0.1, 0.15) is 18.1 Å². The van der Waals surface area contributed by atoms with E-state index >= 15 is 0 Å². The highest BCUT2D eigenvalue weighted by atomic mass is 32.2. The predicted octanol–water partition coefficient (Wildman–Crippen LogP) is 2.93. The molecule has 0 radical (unpaired) electrons. The second-order valence-corrected chi connectivity index (χ2v) is 7.63. The number of benzene rings is 2. The van der Waals surface area contributed by atoms with Gasteiger partial charge >= 0.3 is 6.03 Å². The van der Waals surface area contributed by atoms with E-state index in [1.54, 1.807) is 41.3 Å². The molecule has 0 atom stereocenters. The van der Waals surface area contributed by atoms with Crippen molar-refractivity contribution in [3.8, 4) is 0 Å². The van der Waals surface area contributed by atoms with E-state index in [2.05, 4.69) is 10.0 Å². The summed E-state index contributed by atoms with van der Waals surface area (Å²) in [5.74, 6) is -0.339. The molecular formula is C18H22FN3O3S. The van der Waals surface area contributed by atoms with Gasteiger partial charge < -0.3 is 10.2 Å². The quantitative estimate of drug-likeness (QED) is 0.776. The van der Waals surface area contributed by atoms with Crippen LogP contribution < -0.4 is 10.0 Å². The van der Waals surface area contributed by atoms with E-state index in [-0.39, 0.29) is 18.4 Å². The number of hydrogen-bond acceptors (Lipinski definition) is 3. The third-order valence-electron chi connectivity index (χ3n) is 3.61. The molecule has 0 saturated carbocycles. The normalized spacial score (nSPS) is 11.0. The van der Waals surface area contributed by atoms with Crippen molar-refractivity contribution in [2.75, 3.05) is 17.5 Å². The molecule has 0 fully saturated rings. The van der Waals surface area contributed by atoms with Crippen LogP contribution in [0.4, 0.5) is 14.9 Å². The standard InChI is InChI=1S/C18H22FN3O3S/c1-3-22(13-15-7-4-8-16(19)10-15)18(23)20-12-14-6-5-9-17(11-14)21-26(2,24)25/h4-11,21H,3,12-13H2,1-2H3,(H,20,23). The summed E-state index contributed by atoms with van der Waals surface area (Å²) in [6, 6.07) is 12.6. The van der Waals surface area contributed by atoms with Crippen LogP contribution in [0.5, 0.6) is 0 Å². The number of amides is 2. The fourth-order valence-corrected chi connectivity index (χ4v) is 2.99. The molecular weight excluding hydrogens is 357 g/mol. The number of urea groups is 1. The molecule has 0 heterocycles. The number of nitrogens with zero attached hydrogens (tertiary/aromatic N) is 1. The van der Waals surface area contributed by atoms with Gasteiger partial charge in [0.2, 0.25) is 10.0 Å². The number of hydrogen-bond donors (Lipinski definition) is 2. The number of rotatable bonds is 7. The zero-order valence-electron chi connectivity index (χ0n) is 14.7. The summed E-state index contributed by atoms with van der Waals surface area (Å²) in [5, 5.41) is 2.79. The Kier molecular flexibility index (Phi) is 6.57. The van der Waals surface area contributed by atoms with Gasteiger partial charge in [0.1, 0.15) is 5.82 Å². The van der Waals surface area contributed by atoms with Crippen molar-refractivity contribution in [1.29, 1.82) is 0 Å². The Bertz CT molecular complexity index is 871. The minimum atomic E-state index is -3.36. The van der Waals surface area contributed by atoms with E-state index in [0.717, 1.165) is 11.8 Å². The Morgan fingerprint density at radius 1 is 1.12 bits per heavy atom. The van der Waals surface area contributed by atoms with Crippen LogP contribution >= 0.6 is 0 Å². The van der Waals surface area contributed by atoms with Gasteiger partial charge in [0, 0.05) is 25.3 Å². The van der Waals surface area contributed by atoms with Crippen LogP contribution in [-0.4, -0.2) is 32.1 Å². The fraction of sp³-hybridized carbons (Fsp3) is 0.278. The van der Waals surface area contributed by atoms with Gasteiger partial charge in [0.15, 0.2) is 0 Å². The monoisotopic (exact) mass is 379 g/mol. The van der Waals surface area contributed by atoms with Crippen LogP contribution in [-0.2, 0) is 23.1 Å². The highest BCUT2D eigenvalue weighted by Crippen LogP contribution is 2.12. The summed E-state index contributed by atoms with van der Waals surface area (Å²) >= 11 is 0. The van der Waals surface area contributed by atoms with Crippen LogP contribution in [0.3, 0.4) is 0 Å². The van der Waals surface area contributed by atoms with Crippen molar-refractivity contribution in [3.63, 3.8) is 0 Å². The minimum absolute atomic E-state index is 0.248. The number of halogens is 1. The molecule has 26 heavy (non-hydrogen) atoms. The molecule has 2 rings (SSSR count). The van der Waals surface area contributed by atoms with Gasteiger partial charge in [-0.2, -0.15) is 0 Å². The van der Waals surface area contributed by atoms with Gasteiger partial charge in [0.25, 0.3) is 0 Å². The SMILES string of the molecule is CCN(Cc1cccc(F)c1)C(=O)NCc1cccc(NS(C)(=O)=O)c1. The molecule has 0 aromatic heterocycles. The molecule has 8 heteroatoms. The average molecular weight is 379 g/mol. The molecule has 2 N–H and O–H groups in total. The van der Waals surface area contributed by atoms with E-state index in [0.29, 0.717) is 24.3 Å². The van der Waals surface area contributed by atoms with E-state index in [1.807, 2.05) is 6.92 Å². The molecule has 2 aromatic rings. The van der Waals surface area contributed by atoms with Gasteiger partial charge in [-0.3, -0.25) is 4.72 Å². The third kappa shape index (κ3) is 6.36. The zero-order chi connectivity index (χ0) is 19.2. The first-order valence-electron chi connectivity index (χ1n) is 8.11. The lowest BCUT2D eigenvalue weighted by molar-refractivity contribution is 0.197. The number of anilines is 1. The molecule has 2 amide bonds. The highest BCUT2D eigenvalue weighted by molar-refractivity contribution is 7.92. The number of sulfonamides is 1. The Morgan fingerprint density at radius 3 is 2.46 bits per heavy atom. The van der Waals surface area contributed by atoms with Crippen molar-refractivity contribution in [1.82, 2.24) is 10.2 Å². The number of carbonyl (C=O) groups is 1. The van der Waals surface area contributed by atoms with Crippen LogP contribution in [0.2, 0.25) is 0 Å². The molecule has 0 aliphatic carbocycles. The minimum Gasteiger partial charge on any atom is -0.334 e. The number of carbonyl (C=O) groups excluding carboxylic acids is 1. The predicted molar refractivity (Wildman–Crippen MR) is 99.6 cm³/mol. The van der Waals surface area contributed by atoms with Gasteiger partial charge in [-0.1, -0.05) is 24.3 Å². The summed E-state index contributed by atoms with van der Waals surface area (Å²) in [7, 11) is -3.36. The van der Waals surface area contributed by atoms with Gasteiger partial charge in [-0.15, -0.1) is 0 Å². The maximum absolute atomic E-state index is 13.3. The Hall–Kier alpha value is -2.61. The lowest BCUT2D eigenvalue weighted by Crippen LogP contribution is -2.39. The van der Waals surface area contributed by atoms with Crippen LogP contribution in [0, 0.1) is 5.82 Å². The van der Waals surface area contributed by atoms with Crippen molar-refractivity contribution in [2.24, 2.45) is 0 Å². The van der Waals surface area contributed by atoms with Crippen molar-refractivity contribution >= 4 is 21.7 Å². The first-order valence-corrected chi connectivity index (χ1v) is 10.00. The lowest BCUT2D eigenvalue weighted by atomic mass is 10.2. The molecule has 0 bridgehead atoms. The summed E-state index contributed by atoms with van der Waals surface area (Å²) < 4.78 is 38.3. The summed E-state index contributed by atoms with van der Waals surface area (Å²) in [4.78, 5) is 13.9. The smallest absolute Gasteiger partial charge is 0.317 e. The molecule has 140 valence electrons. The van der Waals surface area contributed by atoms with E-state index in [1.165, 1.54) is 12.1 Å². The van der Waals surface area contributed by atoms with E-state index in [9.17, 15) is 17.6 Å². The van der Waals surface area contributed by atoms with E-state index < -0.39 is 10.0 Å². The summed E-state index contributed by atoms with van der Waals surface area (Å²) in [5.41, 5.74) is 1.90. The second-order valence-electron chi connectivity index (χ2n) is 5.88. The average Bonchev–Trinajstić information content (AvgIpc) is 2.56. The summed E-state index contributed by atoms with van der Waals surface area (Å²) in [6.45, 7) is 2.86. The van der Waals surface area contributed by atoms with Crippen molar-refractivity contribution in [3.05, 3.63) is 65.5 Å². The third-order valence-corrected chi connectivity index (χ3v) is 4.21. The highest BCUT2D eigenvalue weighted by Gasteiger charge is 2.12. The first kappa shape index (κ1) is 19.7. The van der Waals surface area contributed by atoms with Gasteiger partial charge in [-0.05, 0) is 42.3 Å². The fourth-order valence-electron chi connectivity index (χ4n) is 2.43. The molecule has 0 aliphatic rings. The van der Waals surface area contributed by atoms with Gasteiger partial charge in [-0.25, -0.2) is 17.6 Å². The molecule has 2 aromatic carbocycles. The van der Waals surface area contributed by atoms with Gasteiger partial charge in [0.05, 0.1) is 6.26 Å². The largest absolute Gasteiger partial charge is 0.334 e.